The van der Waals surface area contributed by atoms with Crippen LogP contribution in [0.15, 0.2) is 4.99 Å². The van der Waals surface area contributed by atoms with E-state index in [0.29, 0.717) is 17.8 Å². The maximum Gasteiger partial charge on any atom is 0.325 e. The van der Waals surface area contributed by atoms with Crippen molar-refractivity contribution in [3.05, 3.63) is 11.0 Å². The number of aromatic nitrogens is 2. The Morgan fingerprint density at radius 2 is 2.08 bits per heavy atom. The molecule has 1 aliphatic heterocycles. The Kier molecular flexibility index (Phi) is 3.78. The lowest BCUT2D eigenvalue weighted by Crippen LogP contribution is -2.36. The van der Waals surface area contributed by atoms with Crippen molar-refractivity contribution in [1.29, 1.82) is 0 Å². The van der Waals surface area contributed by atoms with E-state index in [0.717, 1.165) is 0 Å². The van der Waals surface area contributed by atoms with Gasteiger partial charge >= 0.3 is 7.60 Å². The average Bonchev–Trinajstić information content (AvgIpc) is 3.01. The summed E-state index contributed by atoms with van der Waals surface area (Å²) in [5.41, 5.74) is 6.09. The van der Waals surface area contributed by atoms with E-state index in [-0.39, 0.29) is 41.4 Å². The Hall–Kier alpha value is -1.09. The van der Waals surface area contributed by atoms with E-state index in [1.54, 1.807) is 6.21 Å². The van der Waals surface area contributed by atoms with Crippen LogP contribution < -0.4 is 5.73 Å². The van der Waals surface area contributed by atoms with Gasteiger partial charge in [0.15, 0.2) is 5.82 Å². The first kappa shape index (κ1) is 17.3. The second kappa shape index (κ2) is 5.45. The molecule has 2 saturated carbocycles. The fraction of sp³-hybridized carbons (Fsp3) is 0.643. The third-order valence-corrected chi connectivity index (χ3v) is 6.80. The number of nitrogens with zero attached hydrogens (tertiary/aromatic N) is 3. The predicted molar refractivity (Wildman–Crippen MR) is 89.9 cm³/mol. The number of aliphatic imine (C=N–C) groups is 1. The number of hydrogen-bond donors (Lipinski definition) is 5. The second-order valence-corrected chi connectivity index (χ2v) is 9.23. The highest BCUT2D eigenvalue weighted by Crippen LogP contribution is 2.71. The molecule has 0 radical (unpaired) electrons. The number of hydrogen-bond acceptors (Lipinski definition) is 7. The summed E-state index contributed by atoms with van der Waals surface area (Å²) in [6.45, 7) is 0. The zero-order chi connectivity index (χ0) is 18.1. The third-order valence-electron chi connectivity index (χ3n) is 5.82. The number of aliphatic hydroxyl groups excluding tert-OH is 2. The second-order valence-electron chi connectivity index (χ2n) is 7.11. The number of halogens is 1. The maximum absolute atomic E-state index is 11.2. The first-order chi connectivity index (χ1) is 11.6. The molecule has 0 amide bonds. The molecule has 1 unspecified atom stereocenters. The first-order valence-corrected chi connectivity index (χ1v) is 10.1. The van der Waals surface area contributed by atoms with Crippen molar-refractivity contribution in [1.82, 2.24) is 9.97 Å². The number of nitrogen functional groups attached to an aromatic ring is 1. The van der Waals surface area contributed by atoms with Gasteiger partial charge in [-0.25, -0.2) is 4.98 Å². The summed E-state index contributed by atoms with van der Waals surface area (Å²) in [6.07, 6.45) is 0.0126. The first-order valence-electron chi connectivity index (χ1n) is 7.92. The predicted octanol–water partition coefficient (Wildman–Crippen LogP) is 0.437. The van der Waals surface area contributed by atoms with Gasteiger partial charge in [-0.2, -0.15) is 4.98 Å². The van der Waals surface area contributed by atoms with Crippen LogP contribution in [0.4, 0.5) is 11.5 Å². The molecular formula is C14H18ClN4O5P. The van der Waals surface area contributed by atoms with Gasteiger partial charge in [-0.3, -0.25) is 9.56 Å². The van der Waals surface area contributed by atoms with E-state index in [2.05, 4.69) is 15.0 Å². The van der Waals surface area contributed by atoms with Crippen molar-refractivity contribution in [3.8, 4) is 0 Å². The normalized spacial score (nSPS) is 38.7. The molecule has 9 nitrogen and oxygen atoms in total. The standard InChI is InChI=1S/C14H18ClN4O5P/c15-13-18-8-5(4-17-9(8)12(16)19-13)7-6-3-14(6,11(21)10(7)20)1-2-25(22,23)24/h4-7,10-11,20-21H,1-3H2,(H2,16,18,19)(H2,22,23,24)/t5?,6-,7-,10+,11+,14-/m1/s1. The van der Waals surface area contributed by atoms with Crippen LogP contribution in [0.3, 0.4) is 0 Å². The molecule has 1 aromatic rings. The summed E-state index contributed by atoms with van der Waals surface area (Å²) in [4.78, 5) is 30.6. The summed E-state index contributed by atoms with van der Waals surface area (Å²) in [5, 5.41) is 21.1. The van der Waals surface area contributed by atoms with E-state index in [4.69, 9.17) is 27.1 Å². The summed E-state index contributed by atoms with van der Waals surface area (Å²) >= 11 is 5.88. The molecule has 4 rings (SSSR count). The molecule has 0 saturated heterocycles. The molecule has 1 aromatic heterocycles. The zero-order valence-electron chi connectivity index (χ0n) is 13.0. The number of fused-ring (bicyclic) bond motifs is 2. The van der Waals surface area contributed by atoms with Crippen molar-refractivity contribution in [3.63, 3.8) is 0 Å². The Morgan fingerprint density at radius 3 is 2.76 bits per heavy atom. The molecule has 2 heterocycles. The molecular weight excluding hydrogens is 371 g/mol. The van der Waals surface area contributed by atoms with E-state index < -0.39 is 25.2 Å². The van der Waals surface area contributed by atoms with Gasteiger partial charge in [0.05, 0.1) is 24.1 Å². The Labute approximate surface area is 148 Å². The Bertz CT molecular complexity index is 817. The molecule has 136 valence electrons. The lowest BCUT2D eigenvalue weighted by Gasteiger charge is -2.26. The van der Waals surface area contributed by atoms with Crippen LogP contribution in [0.1, 0.15) is 24.5 Å². The molecule has 2 aliphatic carbocycles. The van der Waals surface area contributed by atoms with Gasteiger partial charge in [-0.15, -0.1) is 0 Å². The molecule has 6 atom stereocenters. The van der Waals surface area contributed by atoms with E-state index in [1.807, 2.05) is 0 Å². The smallest absolute Gasteiger partial charge is 0.325 e. The summed E-state index contributed by atoms with van der Waals surface area (Å²) in [6, 6.07) is 0. The highest BCUT2D eigenvalue weighted by atomic mass is 35.5. The van der Waals surface area contributed by atoms with Crippen LogP contribution in [0.2, 0.25) is 5.28 Å². The van der Waals surface area contributed by atoms with Crippen molar-refractivity contribution in [2.75, 3.05) is 11.9 Å². The number of aliphatic hydroxyl groups is 2. The van der Waals surface area contributed by atoms with Gasteiger partial charge in [0, 0.05) is 23.5 Å². The van der Waals surface area contributed by atoms with Gasteiger partial charge in [-0.05, 0) is 30.4 Å². The zero-order valence-corrected chi connectivity index (χ0v) is 14.7. The number of anilines is 1. The maximum atomic E-state index is 11.2. The van der Waals surface area contributed by atoms with Crippen LogP contribution in [0, 0.1) is 17.3 Å². The summed E-state index contributed by atoms with van der Waals surface area (Å²) in [5.74, 6) is -0.638. The molecule has 6 N–H and O–H groups in total. The lowest BCUT2D eigenvalue weighted by atomic mass is 9.84. The Balaban J connectivity index is 1.62. The SMILES string of the molecule is Nc1nc(Cl)nc2c1N=CC2[C@H]1[C@H](O)[C@H](O)[C@]2(CCP(=O)(O)O)C[C@H]12. The minimum absolute atomic E-state index is 0.0108. The van der Waals surface area contributed by atoms with Crippen molar-refractivity contribution < 1.29 is 24.6 Å². The summed E-state index contributed by atoms with van der Waals surface area (Å²) < 4.78 is 11.2. The van der Waals surface area contributed by atoms with Gasteiger partial charge in [0.2, 0.25) is 5.28 Å². The minimum Gasteiger partial charge on any atom is -0.390 e. The monoisotopic (exact) mass is 388 g/mol. The molecule has 25 heavy (non-hydrogen) atoms. The molecule has 0 bridgehead atoms. The fourth-order valence-electron chi connectivity index (χ4n) is 4.58. The topological polar surface area (TPSA) is 162 Å². The van der Waals surface area contributed by atoms with Crippen LogP contribution in [-0.4, -0.2) is 54.6 Å². The van der Waals surface area contributed by atoms with Crippen molar-refractivity contribution in [2.24, 2.45) is 22.2 Å². The minimum atomic E-state index is -4.17. The lowest BCUT2D eigenvalue weighted by molar-refractivity contribution is -0.0225. The number of nitrogens with two attached hydrogens (primary N) is 1. The summed E-state index contributed by atoms with van der Waals surface area (Å²) in [7, 11) is -4.17. The quantitative estimate of drug-likeness (QED) is 0.366. The third kappa shape index (κ3) is 2.61. The highest BCUT2D eigenvalue weighted by Gasteiger charge is 2.71. The van der Waals surface area contributed by atoms with E-state index in [1.165, 1.54) is 0 Å². The molecule has 2 fully saturated rings. The van der Waals surface area contributed by atoms with Crippen LogP contribution in [0.5, 0.6) is 0 Å². The highest BCUT2D eigenvalue weighted by molar-refractivity contribution is 7.51. The molecule has 0 spiro atoms. The van der Waals surface area contributed by atoms with Crippen LogP contribution >= 0.6 is 19.2 Å². The molecule has 3 aliphatic rings. The average molecular weight is 389 g/mol. The van der Waals surface area contributed by atoms with Gasteiger partial charge in [0.25, 0.3) is 0 Å². The van der Waals surface area contributed by atoms with Gasteiger partial charge < -0.3 is 25.7 Å². The molecule has 11 heteroatoms. The van der Waals surface area contributed by atoms with Crippen molar-refractivity contribution in [2.45, 2.75) is 31.0 Å². The number of rotatable bonds is 4. The largest absolute Gasteiger partial charge is 0.390 e. The molecule has 0 aromatic carbocycles. The van der Waals surface area contributed by atoms with Gasteiger partial charge in [-0.1, -0.05) is 0 Å². The van der Waals surface area contributed by atoms with E-state index >= 15 is 0 Å². The van der Waals surface area contributed by atoms with Crippen LogP contribution in [-0.2, 0) is 4.57 Å². The van der Waals surface area contributed by atoms with Crippen molar-refractivity contribution >= 4 is 36.9 Å². The Morgan fingerprint density at radius 1 is 1.36 bits per heavy atom. The van der Waals surface area contributed by atoms with Crippen LogP contribution in [0.25, 0.3) is 0 Å². The van der Waals surface area contributed by atoms with Gasteiger partial charge in [0.1, 0.15) is 5.69 Å². The fourth-order valence-corrected chi connectivity index (χ4v) is 5.47. The van der Waals surface area contributed by atoms with E-state index in [9.17, 15) is 14.8 Å².